The summed E-state index contributed by atoms with van der Waals surface area (Å²) < 4.78 is 0. The van der Waals surface area contributed by atoms with E-state index in [9.17, 15) is 0 Å². The van der Waals surface area contributed by atoms with Gasteiger partial charge in [-0.15, -0.1) is 0 Å². The van der Waals surface area contributed by atoms with Gasteiger partial charge in [0.1, 0.15) is 0 Å². The molecule has 1 rings (SSSR count). The molecule has 0 radical (unpaired) electrons. The van der Waals surface area contributed by atoms with Gasteiger partial charge in [-0.2, -0.15) is 5.26 Å². The summed E-state index contributed by atoms with van der Waals surface area (Å²) in [6.07, 6.45) is 0.598. The van der Waals surface area contributed by atoms with E-state index in [2.05, 4.69) is 49.1 Å². The van der Waals surface area contributed by atoms with Crippen molar-refractivity contribution in [3.63, 3.8) is 0 Å². The normalized spacial score (nSPS) is 10.8. The van der Waals surface area contributed by atoms with Gasteiger partial charge in [-0.3, -0.25) is 0 Å². The Morgan fingerprint density at radius 2 is 1.88 bits per heavy atom. The minimum atomic E-state index is 0.588. The van der Waals surface area contributed by atoms with Crippen LogP contribution in [0, 0.1) is 11.3 Å². The molecule has 0 fully saturated rings. The number of nitrogens with zero attached hydrogens (tertiary/aromatic N) is 2. The van der Waals surface area contributed by atoms with Crippen LogP contribution in [0.2, 0.25) is 0 Å². The molecule has 2 nitrogen and oxygen atoms in total. The second kappa shape index (κ2) is 6.30. The van der Waals surface area contributed by atoms with Gasteiger partial charge in [0, 0.05) is 19.5 Å². The maximum absolute atomic E-state index is 8.50. The van der Waals surface area contributed by atoms with Gasteiger partial charge in [-0.1, -0.05) is 38.1 Å². The SMILES string of the molecule is CC(C)c1ccc(CN(C)CCC#N)cc1. The Morgan fingerprint density at radius 3 is 2.38 bits per heavy atom. The molecule has 0 aliphatic rings. The number of benzene rings is 1. The lowest BCUT2D eigenvalue weighted by molar-refractivity contribution is 0.335. The van der Waals surface area contributed by atoms with Gasteiger partial charge in [-0.05, 0) is 24.1 Å². The first-order chi connectivity index (χ1) is 7.63. The topological polar surface area (TPSA) is 27.0 Å². The fraction of sp³-hybridized carbons (Fsp3) is 0.500. The van der Waals surface area contributed by atoms with Crippen LogP contribution in [0.1, 0.15) is 37.3 Å². The van der Waals surface area contributed by atoms with Crippen molar-refractivity contribution in [1.29, 1.82) is 5.26 Å². The number of nitriles is 1. The number of hydrogen-bond acceptors (Lipinski definition) is 2. The van der Waals surface area contributed by atoms with Crippen molar-refractivity contribution >= 4 is 0 Å². The van der Waals surface area contributed by atoms with Crippen LogP contribution in [0.5, 0.6) is 0 Å². The van der Waals surface area contributed by atoms with Gasteiger partial charge in [0.25, 0.3) is 0 Å². The van der Waals surface area contributed by atoms with Crippen LogP contribution in [0.3, 0.4) is 0 Å². The first-order valence-electron chi connectivity index (χ1n) is 5.78. The van der Waals surface area contributed by atoms with Crippen molar-refractivity contribution in [2.45, 2.75) is 32.7 Å². The van der Waals surface area contributed by atoms with Crippen molar-refractivity contribution < 1.29 is 0 Å². The van der Waals surface area contributed by atoms with E-state index in [1.165, 1.54) is 11.1 Å². The standard InChI is InChI=1S/C14H20N2/c1-12(2)14-7-5-13(6-8-14)11-16(3)10-4-9-15/h5-8,12H,4,10-11H2,1-3H3. The van der Waals surface area contributed by atoms with E-state index < -0.39 is 0 Å². The Kier molecular flexibility index (Phi) is 5.01. The second-order valence-electron chi connectivity index (χ2n) is 4.54. The second-order valence-corrected chi connectivity index (χ2v) is 4.54. The van der Waals surface area contributed by atoms with Crippen LogP contribution in [0.4, 0.5) is 0 Å². The van der Waals surface area contributed by atoms with Gasteiger partial charge >= 0.3 is 0 Å². The summed E-state index contributed by atoms with van der Waals surface area (Å²) in [6, 6.07) is 10.9. The van der Waals surface area contributed by atoms with Gasteiger partial charge in [0.05, 0.1) is 6.07 Å². The molecule has 0 atom stereocenters. The molecule has 0 aliphatic carbocycles. The van der Waals surface area contributed by atoms with E-state index in [0.717, 1.165) is 13.1 Å². The molecule has 0 saturated heterocycles. The monoisotopic (exact) mass is 216 g/mol. The van der Waals surface area contributed by atoms with Crippen LogP contribution < -0.4 is 0 Å². The zero-order valence-corrected chi connectivity index (χ0v) is 10.4. The van der Waals surface area contributed by atoms with Crippen LogP contribution in [-0.2, 0) is 6.54 Å². The maximum Gasteiger partial charge on any atom is 0.0635 e. The summed E-state index contributed by atoms with van der Waals surface area (Å²) >= 11 is 0. The minimum Gasteiger partial charge on any atom is -0.301 e. The molecule has 0 heterocycles. The lowest BCUT2D eigenvalue weighted by atomic mass is 10.0. The van der Waals surface area contributed by atoms with Crippen LogP contribution in [0.25, 0.3) is 0 Å². The predicted molar refractivity (Wildman–Crippen MR) is 67.1 cm³/mol. The van der Waals surface area contributed by atoms with Crippen LogP contribution >= 0.6 is 0 Å². The van der Waals surface area contributed by atoms with E-state index in [1.54, 1.807) is 0 Å². The molecule has 1 aromatic rings. The molecule has 0 bridgehead atoms. The molecule has 0 N–H and O–H groups in total. The van der Waals surface area contributed by atoms with Crippen molar-refractivity contribution in [1.82, 2.24) is 4.90 Å². The third-order valence-electron chi connectivity index (χ3n) is 2.70. The molecular formula is C14H20N2. The molecule has 86 valence electrons. The van der Waals surface area contributed by atoms with E-state index >= 15 is 0 Å². The predicted octanol–water partition coefficient (Wildman–Crippen LogP) is 3.16. The van der Waals surface area contributed by atoms with Gasteiger partial charge < -0.3 is 4.90 Å². The Labute approximate surface area is 98.5 Å². The summed E-state index contributed by atoms with van der Waals surface area (Å²) in [7, 11) is 2.05. The maximum atomic E-state index is 8.50. The number of rotatable bonds is 5. The Morgan fingerprint density at radius 1 is 1.25 bits per heavy atom. The molecule has 0 aromatic heterocycles. The van der Waals surface area contributed by atoms with Crippen molar-refractivity contribution in [3.05, 3.63) is 35.4 Å². The van der Waals surface area contributed by atoms with E-state index in [0.29, 0.717) is 12.3 Å². The zero-order chi connectivity index (χ0) is 12.0. The Hall–Kier alpha value is -1.33. The summed E-state index contributed by atoms with van der Waals surface area (Å²) in [4.78, 5) is 2.17. The highest BCUT2D eigenvalue weighted by atomic mass is 15.1. The smallest absolute Gasteiger partial charge is 0.0635 e. The molecule has 0 spiro atoms. The highest BCUT2D eigenvalue weighted by Gasteiger charge is 2.01. The van der Waals surface area contributed by atoms with Gasteiger partial charge in [-0.25, -0.2) is 0 Å². The molecule has 0 aliphatic heterocycles. The van der Waals surface area contributed by atoms with Crippen molar-refractivity contribution in [3.8, 4) is 6.07 Å². The van der Waals surface area contributed by atoms with Gasteiger partial charge in [0.2, 0.25) is 0 Å². The summed E-state index contributed by atoms with van der Waals surface area (Å²) in [6.45, 7) is 6.16. The first-order valence-corrected chi connectivity index (χ1v) is 5.78. The summed E-state index contributed by atoms with van der Waals surface area (Å²) in [5.74, 6) is 0.588. The van der Waals surface area contributed by atoms with Crippen LogP contribution in [-0.4, -0.2) is 18.5 Å². The summed E-state index contributed by atoms with van der Waals surface area (Å²) in [5, 5.41) is 8.50. The summed E-state index contributed by atoms with van der Waals surface area (Å²) in [5.41, 5.74) is 2.69. The third-order valence-corrected chi connectivity index (χ3v) is 2.70. The van der Waals surface area contributed by atoms with E-state index in [-0.39, 0.29) is 0 Å². The van der Waals surface area contributed by atoms with Gasteiger partial charge in [0.15, 0.2) is 0 Å². The fourth-order valence-corrected chi connectivity index (χ4v) is 1.64. The average molecular weight is 216 g/mol. The highest BCUT2D eigenvalue weighted by Crippen LogP contribution is 2.15. The van der Waals surface area contributed by atoms with E-state index in [1.807, 2.05) is 7.05 Å². The molecule has 2 heteroatoms. The Bertz CT molecular complexity index is 346. The first kappa shape index (κ1) is 12.7. The fourth-order valence-electron chi connectivity index (χ4n) is 1.64. The molecule has 0 unspecified atom stereocenters. The molecular weight excluding hydrogens is 196 g/mol. The van der Waals surface area contributed by atoms with E-state index in [4.69, 9.17) is 5.26 Å². The molecule has 16 heavy (non-hydrogen) atoms. The lowest BCUT2D eigenvalue weighted by Gasteiger charge is -2.15. The highest BCUT2D eigenvalue weighted by molar-refractivity contribution is 5.24. The zero-order valence-electron chi connectivity index (χ0n) is 10.4. The molecule has 0 saturated carbocycles. The number of hydrogen-bond donors (Lipinski definition) is 0. The average Bonchev–Trinajstić information content (AvgIpc) is 2.27. The Balaban J connectivity index is 2.52. The molecule has 1 aromatic carbocycles. The van der Waals surface area contributed by atoms with Crippen molar-refractivity contribution in [2.75, 3.05) is 13.6 Å². The minimum absolute atomic E-state index is 0.588. The van der Waals surface area contributed by atoms with Crippen LogP contribution in [0.15, 0.2) is 24.3 Å². The quantitative estimate of drug-likeness (QED) is 0.756. The third kappa shape index (κ3) is 4.04. The largest absolute Gasteiger partial charge is 0.301 e. The molecule has 0 amide bonds. The van der Waals surface area contributed by atoms with Crippen molar-refractivity contribution in [2.24, 2.45) is 0 Å². The lowest BCUT2D eigenvalue weighted by Crippen LogP contribution is -2.18.